The van der Waals surface area contributed by atoms with E-state index in [1.54, 1.807) is 11.3 Å². The zero-order valence-corrected chi connectivity index (χ0v) is 14.5. The number of fused-ring (bicyclic) bond motifs is 1. The molecule has 1 aliphatic rings. The number of imidazole rings is 1. The number of nitrogens with zero attached hydrogens (tertiary/aromatic N) is 3. The van der Waals surface area contributed by atoms with E-state index in [0.29, 0.717) is 5.92 Å². The van der Waals surface area contributed by atoms with Gasteiger partial charge in [0, 0.05) is 37.0 Å². The summed E-state index contributed by atoms with van der Waals surface area (Å²) < 4.78 is 2.26. The molecule has 3 heterocycles. The normalized spacial score (nSPS) is 16.8. The summed E-state index contributed by atoms with van der Waals surface area (Å²) in [5.41, 5.74) is 1.32. The third kappa shape index (κ3) is 3.55. The van der Waals surface area contributed by atoms with Crippen LogP contribution in [0.25, 0.3) is 4.96 Å². The summed E-state index contributed by atoms with van der Waals surface area (Å²) in [5, 5.41) is 5.70. The van der Waals surface area contributed by atoms with Crippen molar-refractivity contribution in [2.75, 3.05) is 36.0 Å². The summed E-state index contributed by atoms with van der Waals surface area (Å²) in [4.78, 5) is 8.49. The monoisotopic (exact) mass is 324 g/mol. The number of anilines is 1. The van der Waals surface area contributed by atoms with E-state index in [9.17, 15) is 0 Å². The van der Waals surface area contributed by atoms with Crippen molar-refractivity contribution in [3.05, 3.63) is 17.3 Å². The number of aromatic nitrogens is 2. The maximum atomic E-state index is 4.89. The molecule has 0 aliphatic carbocycles. The van der Waals surface area contributed by atoms with Crippen LogP contribution < -0.4 is 10.2 Å². The minimum Gasteiger partial charge on any atom is -0.354 e. The van der Waals surface area contributed by atoms with Gasteiger partial charge >= 0.3 is 0 Å². The number of thiazole rings is 1. The molecule has 1 fully saturated rings. The van der Waals surface area contributed by atoms with Gasteiger partial charge in [0.15, 0.2) is 10.8 Å². The second-order valence-electron chi connectivity index (χ2n) is 5.92. The molecule has 0 saturated carbocycles. The molecule has 1 N–H and O–H groups in total. The van der Waals surface area contributed by atoms with Gasteiger partial charge in [0.1, 0.15) is 0 Å². The summed E-state index contributed by atoms with van der Waals surface area (Å²) in [6.45, 7) is 8.69. The summed E-state index contributed by atoms with van der Waals surface area (Å²) in [5.74, 6) is 4.36. The van der Waals surface area contributed by atoms with Gasteiger partial charge in [-0.2, -0.15) is 11.8 Å². The van der Waals surface area contributed by atoms with Gasteiger partial charge in [0.2, 0.25) is 0 Å². The third-order valence-electron chi connectivity index (χ3n) is 3.71. The molecule has 4 nitrogen and oxygen atoms in total. The maximum absolute atomic E-state index is 4.89. The predicted molar refractivity (Wildman–Crippen MR) is 93.8 cm³/mol. The van der Waals surface area contributed by atoms with Crippen molar-refractivity contribution in [3.8, 4) is 0 Å². The molecule has 0 spiro atoms. The molecule has 0 radical (unpaired) electrons. The van der Waals surface area contributed by atoms with Crippen molar-refractivity contribution in [1.29, 1.82) is 0 Å². The number of hydrogen-bond donors (Lipinski definition) is 1. The first-order valence-corrected chi connectivity index (χ1v) is 9.77. The molecule has 1 aliphatic heterocycles. The average Bonchev–Trinajstić information content (AvgIpc) is 2.91. The highest BCUT2D eigenvalue weighted by molar-refractivity contribution is 7.99. The molecule has 2 aromatic heterocycles. The fourth-order valence-electron chi connectivity index (χ4n) is 2.68. The van der Waals surface area contributed by atoms with Gasteiger partial charge in [-0.25, -0.2) is 4.98 Å². The Kier molecular flexibility index (Phi) is 5.08. The molecule has 0 unspecified atom stereocenters. The predicted octanol–water partition coefficient (Wildman–Crippen LogP) is 3.08. The Morgan fingerprint density at radius 1 is 1.33 bits per heavy atom. The van der Waals surface area contributed by atoms with E-state index in [2.05, 4.69) is 51.8 Å². The molecular formula is C15H24N4S2. The lowest BCUT2D eigenvalue weighted by molar-refractivity contribution is 0.546. The molecule has 1 saturated heterocycles. The molecule has 0 amide bonds. The molecule has 2 aromatic rings. The topological polar surface area (TPSA) is 32.6 Å². The van der Waals surface area contributed by atoms with Crippen LogP contribution in [0.5, 0.6) is 0 Å². The SMILES string of the molecule is CC(C)CNCc1c(N2CCCSCC2)nc2sccn12. The highest BCUT2D eigenvalue weighted by Crippen LogP contribution is 2.26. The summed E-state index contributed by atoms with van der Waals surface area (Å²) in [7, 11) is 0. The third-order valence-corrected chi connectivity index (χ3v) is 5.51. The Bertz CT molecular complexity index is 567. The van der Waals surface area contributed by atoms with E-state index in [0.717, 1.165) is 31.1 Å². The fraction of sp³-hybridized carbons (Fsp3) is 0.667. The Labute approximate surface area is 134 Å². The highest BCUT2D eigenvalue weighted by Gasteiger charge is 2.19. The number of nitrogens with one attached hydrogen (secondary N) is 1. The Morgan fingerprint density at radius 2 is 2.24 bits per heavy atom. The largest absolute Gasteiger partial charge is 0.354 e. The van der Waals surface area contributed by atoms with Crippen LogP contribution in [-0.4, -0.2) is 40.5 Å². The maximum Gasteiger partial charge on any atom is 0.195 e. The lowest BCUT2D eigenvalue weighted by Crippen LogP contribution is -2.28. The molecule has 21 heavy (non-hydrogen) atoms. The molecule has 6 heteroatoms. The van der Waals surface area contributed by atoms with Crippen LogP contribution in [0.3, 0.4) is 0 Å². The van der Waals surface area contributed by atoms with Crippen LogP contribution >= 0.6 is 23.1 Å². The highest BCUT2D eigenvalue weighted by atomic mass is 32.2. The van der Waals surface area contributed by atoms with Gasteiger partial charge in [-0.15, -0.1) is 11.3 Å². The standard InChI is InChI=1S/C15H24N4S2/c1-12(2)10-16-11-13-14(17-15-19(13)6-9-21-15)18-4-3-7-20-8-5-18/h6,9,12,16H,3-5,7-8,10-11H2,1-2H3. The van der Waals surface area contributed by atoms with Gasteiger partial charge in [-0.1, -0.05) is 13.8 Å². The van der Waals surface area contributed by atoms with Gasteiger partial charge in [0.25, 0.3) is 0 Å². The van der Waals surface area contributed by atoms with E-state index in [4.69, 9.17) is 4.98 Å². The van der Waals surface area contributed by atoms with Gasteiger partial charge in [-0.3, -0.25) is 4.40 Å². The number of rotatable bonds is 5. The molecule has 3 rings (SSSR count). The van der Waals surface area contributed by atoms with Crippen LogP contribution in [0.15, 0.2) is 11.6 Å². The van der Waals surface area contributed by atoms with Crippen LogP contribution in [0.4, 0.5) is 5.82 Å². The zero-order valence-electron chi connectivity index (χ0n) is 12.8. The number of hydrogen-bond acceptors (Lipinski definition) is 5. The smallest absolute Gasteiger partial charge is 0.195 e. The van der Waals surface area contributed by atoms with Crippen molar-refractivity contribution in [1.82, 2.24) is 14.7 Å². The van der Waals surface area contributed by atoms with E-state index < -0.39 is 0 Å². The van der Waals surface area contributed by atoms with Crippen molar-refractivity contribution >= 4 is 33.9 Å². The van der Waals surface area contributed by atoms with E-state index in [-0.39, 0.29) is 0 Å². The van der Waals surface area contributed by atoms with Gasteiger partial charge in [-0.05, 0) is 24.6 Å². The first-order chi connectivity index (χ1) is 10.3. The summed E-state index contributed by atoms with van der Waals surface area (Å²) >= 11 is 3.78. The van der Waals surface area contributed by atoms with Gasteiger partial charge in [0.05, 0.1) is 5.69 Å². The number of thioether (sulfide) groups is 1. The second-order valence-corrected chi connectivity index (χ2v) is 8.01. The van der Waals surface area contributed by atoms with E-state index in [1.807, 2.05) is 0 Å². The molecule has 0 bridgehead atoms. The minimum atomic E-state index is 0.675. The quantitative estimate of drug-likeness (QED) is 0.916. The first-order valence-electron chi connectivity index (χ1n) is 7.73. The lowest BCUT2D eigenvalue weighted by Gasteiger charge is -2.21. The van der Waals surface area contributed by atoms with Crippen molar-refractivity contribution in [2.24, 2.45) is 5.92 Å². The second kappa shape index (κ2) is 7.03. The van der Waals surface area contributed by atoms with Crippen molar-refractivity contribution < 1.29 is 0 Å². The first kappa shape index (κ1) is 15.2. The van der Waals surface area contributed by atoms with Crippen LogP contribution in [-0.2, 0) is 6.54 Å². The molecular weight excluding hydrogens is 300 g/mol. The lowest BCUT2D eigenvalue weighted by atomic mass is 10.2. The molecule has 0 atom stereocenters. The average molecular weight is 325 g/mol. The Morgan fingerprint density at radius 3 is 3.10 bits per heavy atom. The minimum absolute atomic E-state index is 0.675. The van der Waals surface area contributed by atoms with E-state index >= 15 is 0 Å². The molecule has 116 valence electrons. The van der Waals surface area contributed by atoms with Crippen LogP contribution in [0.1, 0.15) is 26.0 Å². The van der Waals surface area contributed by atoms with Crippen molar-refractivity contribution in [3.63, 3.8) is 0 Å². The zero-order chi connectivity index (χ0) is 14.7. The van der Waals surface area contributed by atoms with Gasteiger partial charge < -0.3 is 10.2 Å². The Hall–Kier alpha value is -0.720. The van der Waals surface area contributed by atoms with Crippen LogP contribution in [0, 0.1) is 5.92 Å². The van der Waals surface area contributed by atoms with E-state index in [1.165, 1.54) is 29.4 Å². The van der Waals surface area contributed by atoms with Crippen LogP contribution in [0.2, 0.25) is 0 Å². The summed E-state index contributed by atoms with van der Waals surface area (Å²) in [6.07, 6.45) is 3.41. The van der Waals surface area contributed by atoms with Crippen molar-refractivity contribution in [2.45, 2.75) is 26.8 Å². The summed E-state index contributed by atoms with van der Waals surface area (Å²) in [6, 6.07) is 0. The fourth-order valence-corrected chi connectivity index (χ4v) is 4.29. The Balaban J connectivity index is 1.83. The molecule has 0 aromatic carbocycles.